The minimum atomic E-state index is -1.25. The summed E-state index contributed by atoms with van der Waals surface area (Å²) in [6, 6.07) is 37.3. The Labute approximate surface area is 371 Å². The monoisotopic (exact) mass is 864 g/mol. The van der Waals surface area contributed by atoms with E-state index >= 15 is 0 Å². The van der Waals surface area contributed by atoms with Gasteiger partial charge in [0, 0.05) is 44.3 Å². The van der Waals surface area contributed by atoms with Crippen LogP contribution >= 0.6 is 0 Å². The van der Waals surface area contributed by atoms with E-state index in [2.05, 4.69) is 31.9 Å². The molecule has 5 aromatic carbocycles. The summed E-state index contributed by atoms with van der Waals surface area (Å²) in [5.74, 6) is -4.72. The smallest absolute Gasteiger partial charge is 0.305 e. The molecule has 0 saturated carbocycles. The lowest BCUT2D eigenvalue weighted by Gasteiger charge is -2.27. The molecule has 2 heterocycles. The zero-order chi connectivity index (χ0) is 45.3. The maximum absolute atomic E-state index is 14.6. The van der Waals surface area contributed by atoms with Crippen molar-refractivity contribution in [2.75, 3.05) is 13.1 Å². The molecule has 0 saturated heterocycles. The molecule has 2 aliphatic rings. The molecular weight excluding hydrogens is 813 g/mol. The molecule has 0 aromatic heterocycles. The summed E-state index contributed by atoms with van der Waals surface area (Å²) in [5.41, 5.74) is 5.14. The molecule has 6 amide bonds. The van der Waals surface area contributed by atoms with Crippen molar-refractivity contribution in [1.29, 1.82) is 0 Å². The molecule has 5 aromatic rings. The Morgan fingerprint density at radius 1 is 0.562 bits per heavy atom. The van der Waals surface area contributed by atoms with Crippen LogP contribution in [0.15, 0.2) is 140 Å². The number of rotatable bonds is 12. The van der Waals surface area contributed by atoms with Crippen molar-refractivity contribution >= 4 is 41.4 Å². The molecule has 330 valence electrons. The molecule has 2 bridgehead atoms. The first-order valence-electron chi connectivity index (χ1n) is 21.3. The van der Waals surface area contributed by atoms with Gasteiger partial charge in [-0.2, -0.15) is 0 Å². The zero-order valence-corrected chi connectivity index (χ0v) is 35.3. The fourth-order valence-electron chi connectivity index (χ4n) is 7.32. The van der Waals surface area contributed by atoms with E-state index in [1.807, 2.05) is 91.0 Å². The van der Waals surface area contributed by atoms with Gasteiger partial charge in [-0.3, -0.25) is 33.6 Å². The first-order chi connectivity index (χ1) is 31.0. The van der Waals surface area contributed by atoms with Gasteiger partial charge in [0.15, 0.2) is 0 Å². The summed E-state index contributed by atoms with van der Waals surface area (Å²) >= 11 is 0. The van der Waals surface area contributed by atoms with Crippen LogP contribution in [-0.4, -0.2) is 83.8 Å². The van der Waals surface area contributed by atoms with E-state index in [0.29, 0.717) is 23.1 Å². The number of benzene rings is 5. The summed E-state index contributed by atoms with van der Waals surface area (Å²) in [5, 5.41) is 25.9. The molecular formula is C50H52N6O8. The second-order valence-electron chi connectivity index (χ2n) is 15.6. The fourth-order valence-corrected chi connectivity index (χ4v) is 7.32. The molecule has 7 rings (SSSR count). The highest BCUT2D eigenvalue weighted by atomic mass is 16.4. The van der Waals surface area contributed by atoms with Gasteiger partial charge in [-0.05, 0) is 58.4 Å². The predicted molar refractivity (Wildman–Crippen MR) is 241 cm³/mol. The highest BCUT2D eigenvalue weighted by Crippen LogP contribution is 2.20. The highest BCUT2D eigenvalue weighted by molar-refractivity contribution is 5.97. The van der Waals surface area contributed by atoms with Gasteiger partial charge in [0.05, 0.1) is 6.42 Å². The topological polar surface area (TPSA) is 212 Å². The molecule has 14 nitrogen and oxygen atoms in total. The number of hydrogen-bond acceptors (Lipinski definition) is 7. The van der Waals surface area contributed by atoms with Gasteiger partial charge in [-0.25, -0.2) is 0 Å². The summed E-state index contributed by atoms with van der Waals surface area (Å²) in [7, 11) is 0. The van der Waals surface area contributed by atoms with E-state index < -0.39 is 65.6 Å². The molecule has 14 heteroatoms. The summed E-state index contributed by atoms with van der Waals surface area (Å²) < 4.78 is 0. The first-order valence-corrected chi connectivity index (χ1v) is 21.3. The van der Waals surface area contributed by atoms with E-state index in [9.17, 15) is 38.7 Å². The molecule has 2 aliphatic heterocycles. The van der Waals surface area contributed by atoms with E-state index in [1.54, 1.807) is 48.5 Å². The van der Waals surface area contributed by atoms with Crippen LogP contribution < -0.4 is 31.9 Å². The number of carboxylic acid groups (broad SMARTS) is 1. The van der Waals surface area contributed by atoms with Crippen molar-refractivity contribution in [3.8, 4) is 11.1 Å². The number of aryl methyl sites for hydroxylation is 1. The number of carbonyl (C=O) groups excluding carboxylic acids is 6. The van der Waals surface area contributed by atoms with Crippen LogP contribution in [0.4, 0.5) is 0 Å². The molecule has 64 heavy (non-hydrogen) atoms. The summed E-state index contributed by atoms with van der Waals surface area (Å²) in [6.45, 7) is -0.224. The summed E-state index contributed by atoms with van der Waals surface area (Å²) in [4.78, 5) is 94.7. The first kappa shape index (κ1) is 45.9. The molecule has 0 aliphatic carbocycles. The Balaban J connectivity index is 1.35. The Hall–Kier alpha value is -7.61. The minimum absolute atomic E-state index is 0.0117. The standard InChI is InChI=1S/C50H52N6O8/c57-44-26-28-51-46(60)39-23-18-36(19-24-39)31-41(47(61)52-29-27-45(58)59)54-49(63)42(30-34-12-6-2-7-13-34)56-50(64)43(32-35-16-21-38(22-17-35)37-14-8-3-9-15-37)55-48(62)40(53-44)25-20-33-10-4-1-5-11-33/h1-19,21-24,40-43H,20,25-32H2,(H,51,60)(H,52,61)(H,53,57)(H,54,63)(H,55,62)(H,56,64)(H,58,59)/t40-,41+,42-,43+/m1/s1. The molecule has 0 fully saturated rings. The predicted octanol–water partition coefficient (Wildman–Crippen LogP) is 3.68. The average molecular weight is 865 g/mol. The van der Waals surface area contributed by atoms with Crippen LogP contribution in [-0.2, 0) is 54.5 Å². The van der Waals surface area contributed by atoms with Crippen molar-refractivity contribution in [1.82, 2.24) is 31.9 Å². The zero-order valence-electron chi connectivity index (χ0n) is 35.3. The van der Waals surface area contributed by atoms with Gasteiger partial charge in [0.25, 0.3) is 5.91 Å². The quantitative estimate of drug-likeness (QED) is 0.0918. The van der Waals surface area contributed by atoms with Crippen molar-refractivity contribution in [3.63, 3.8) is 0 Å². The lowest BCUT2D eigenvalue weighted by atomic mass is 9.98. The van der Waals surface area contributed by atoms with E-state index in [4.69, 9.17) is 0 Å². The van der Waals surface area contributed by atoms with Crippen molar-refractivity contribution < 1.29 is 38.7 Å². The third kappa shape index (κ3) is 14.0. The van der Waals surface area contributed by atoms with Crippen LogP contribution in [0, 0.1) is 0 Å². The number of carboxylic acids is 1. The fraction of sp³-hybridized carbons (Fsp3) is 0.260. The molecule has 4 atom stereocenters. The van der Waals surface area contributed by atoms with E-state index in [1.165, 1.54) is 0 Å². The van der Waals surface area contributed by atoms with Gasteiger partial charge in [0.2, 0.25) is 29.5 Å². The highest BCUT2D eigenvalue weighted by Gasteiger charge is 2.32. The molecule has 0 radical (unpaired) electrons. The Kier molecular flexibility index (Phi) is 16.5. The van der Waals surface area contributed by atoms with Crippen LogP contribution in [0.2, 0.25) is 0 Å². The van der Waals surface area contributed by atoms with Crippen LogP contribution in [0.25, 0.3) is 11.1 Å². The normalized spacial score (nSPS) is 18.8. The largest absolute Gasteiger partial charge is 0.481 e. The van der Waals surface area contributed by atoms with Crippen molar-refractivity contribution in [2.24, 2.45) is 0 Å². The molecule has 0 spiro atoms. The van der Waals surface area contributed by atoms with Gasteiger partial charge >= 0.3 is 5.97 Å². The van der Waals surface area contributed by atoms with Gasteiger partial charge in [0.1, 0.15) is 24.2 Å². The van der Waals surface area contributed by atoms with Crippen LogP contribution in [0.5, 0.6) is 0 Å². The third-order valence-corrected chi connectivity index (χ3v) is 10.8. The number of carbonyl (C=O) groups is 7. The van der Waals surface area contributed by atoms with Gasteiger partial charge in [-0.1, -0.05) is 127 Å². The lowest BCUT2D eigenvalue weighted by molar-refractivity contribution is -0.137. The van der Waals surface area contributed by atoms with E-state index in [0.717, 1.165) is 16.7 Å². The second kappa shape index (κ2) is 23.0. The SMILES string of the molecule is O=C(O)CCNC(=O)[C@@H]1Cc2ccc(cc2)C(=O)NCCC(=O)N[C@H](CCc2ccccc2)C(=O)N[C@@H](Cc2ccc(-c3ccccc3)cc2)C(=O)N[C@H](Cc2ccccc2)C(=O)N1. The second-order valence-corrected chi connectivity index (χ2v) is 15.6. The van der Waals surface area contributed by atoms with E-state index in [-0.39, 0.29) is 57.2 Å². The maximum Gasteiger partial charge on any atom is 0.305 e. The maximum atomic E-state index is 14.6. The molecule has 0 unspecified atom stereocenters. The van der Waals surface area contributed by atoms with Gasteiger partial charge in [-0.15, -0.1) is 0 Å². The minimum Gasteiger partial charge on any atom is -0.481 e. The van der Waals surface area contributed by atoms with Crippen molar-refractivity contribution in [3.05, 3.63) is 167 Å². The number of amides is 6. The number of aliphatic carboxylic acids is 1. The summed E-state index contributed by atoms with van der Waals surface area (Å²) in [6.07, 6.45) is 0.119. The Morgan fingerprint density at radius 2 is 1.08 bits per heavy atom. The average Bonchev–Trinajstić information content (AvgIpc) is 3.30. The third-order valence-electron chi connectivity index (χ3n) is 10.8. The number of nitrogens with one attached hydrogen (secondary N) is 6. The number of fused-ring (bicyclic) bond motifs is 18. The Morgan fingerprint density at radius 3 is 1.69 bits per heavy atom. The van der Waals surface area contributed by atoms with Gasteiger partial charge < -0.3 is 37.0 Å². The van der Waals surface area contributed by atoms with Crippen LogP contribution in [0.1, 0.15) is 51.9 Å². The van der Waals surface area contributed by atoms with Crippen LogP contribution in [0.3, 0.4) is 0 Å². The van der Waals surface area contributed by atoms with Crippen molar-refractivity contribution in [2.45, 2.75) is 69.1 Å². The Bertz CT molecular complexity index is 2380. The number of hydrogen-bond donors (Lipinski definition) is 7. The molecule has 7 N–H and O–H groups in total. The lowest BCUT2D eigenvalue weighted by Crippen LogP contribution is -2.59.